The van der Waals surface area contributed by atoms with Gasteiger partial charge in [-0.3, -0.25) is 9.36 Å². The van der Waals surface area contributed by atoms with Gasteiger partial charge in [0.1, 0.15) is 0 Å². The van der Waals surface area contributed by atoms with E-state index in [2.05, 4.69) is 0 Å². The van der Waals surface area contributed by atoms with E-state index >= 15 is 0 Å². The Labute approximate surface area is 154 Å². The van der Waals surface area contributed by atoms with Crippen LogP contribution in [-0.2, 0) is 11.3 Å². The van der Waals surface area contributed by atoms with E-state index in [-0.39, 0.29) is 33.8 Å². The molecule has 0 amide bonds. The summed E-state index contributed by atoms with van der Waals surface area (Å²) in [4.78, 5) is 42.0. The number of aromatic nitrogens is 2. The van der Waals surface area contributed by atoms with Crippen LogP contribution in [0.5, 0.6) is 0 Å². The zero-order valence-electron chi connectivity index (χ0n) is 14.3. The maximum Gasteiger partial charge on any atom is 0.364 e. The molecule has 0 unspecified atom stereocenters. The normalized spacial score (nSPS) is 11.0. The molecule has 25 heavy (non-hydrogen) atoms. The highest BCUT2D eigenvalue weighted by Gasteiger charge is 2.22. The summed E-state index contributed by atoms with van der Waals surface area (Å²) in [7, 11) is 0. The average Bonchev–Trinajstić information content (AvgIpc) is 2.52. The van der Waals surface area contributed by atoms with Crippen LogP contribution in [0.25, 0.3) is 11.1 Å². The quantitative estimate of drug-likeness (QED) is 0.812. The summed E-state index contributed by atoms with van der Waals surface area (Å²) in [6.45, 7) is 6.60. The van der Waals surface area contributed by atoms with Gasteiger partial charge in [-0.2, -0.15) is 0 Å². The van der Waals surface area contributed by atoms with Gasteiger partial charge in [0.2, 0.25) is 0 Å². The molecule has 0 atom stereocenters. The van der Waals surface area contributed by atoms with Gasteiger partial charge in [0.15, 0.2) is 0 Å². The molecular weight excluding hydrogens is 367 g/mol. The largest absolute Gasteiger partial charge is 0.364 e. The number of halogens is 2. The minimum absolute atomic E-state index is 0.0292. The third-order valence-corrected chi connectivity index (χ3v) is 4.34. The number of nitrogens with zero attached hydrogens (tertiary/aromatic N) is 2. The molecule has 0 aliphatic carbocycles. The van der Waals surface area contributed by atoms with Crippen molar-refractivity contribution in [3.05, 3.63) is 54.8 Å². The highest BCUT2D eigenvalue weighted by molar-refractivity contribution is 6.43. The van der Waals surface area contributed by atoms with E-state index in [9.17, 15) is 14.4 Å². The van der Waals surface area contributed by atoms with Crippen molar-refractivity contribution in [2.24, 2.45) is 5.92 Å². The summed E-state index contributed by atoms with van der Waals surface area (Å²) in [6.07, 6.45) is 0. The van der Waals surface area contributed by atoms with Crippen molar-refractivity contribution in [1.29, 1.82) is 0 Å². The van der Waals surface area contributed by atoms with Crippen LogP contribution in [0, 0.1) is 12.8 Å². The van der Waals surface area contributed by atoms with E-state index in [1.807, 2.05) is 13.8 Å². The summed E-state index contributed by atoms with van der Waals surface area (Å²) < 4.78 is 1.85. The van der Waals surface area contributed by atoms with Gasteiger partial charge in [-0.25, -0.2) is 9.59 Å². The van der Waals surface area contributed by atoms with Crippen molar-refractivity contribution < 1.29 is 9.63 Å². The monoisotopic (exact) mass is 384 g/mol. The van der Waals surface area contributed by atoms with Crippen LogP contribution < -0.4 is 16.1 Å². The van der Waals surface area contributed by atoms with Crippen molar-refractivity contribution >= 4 is 29.2 Å². The van der Waals surface area contributed by atoms with Crippen LogP contribution in [0.2, 0.25) is 10.0 Å². The molecular formula is C17H18Cl2N2O4. The summed E-state index contributed by atoms with van der Waals surface area (Å²) in [5.41, 5.74) is -0.518. The Morgan fingerprint density at radius 2 is 1.88 bits per heavy atom. The van der Waals surface area contributed by atoms with Gasteiger partial charge in [0.05, 0.1) is 21.3 Å². The molecule has 1 aromatic heterocycles. The molecule has 2 aromatic rings. The van der Waals surface area contributed by atoms with Crippen LogP contribution in [0.3, 0.4) is 0 Å². The third-order valence-electron chi connectivity index (χ3n) is 3.52. The van der Waals surface area contributed by atoms with Gasteiger partial charge in [0, 0.05) is 19.0 Å². The lowest BCUT2D eigenvalue weighted by Crippen LogP contribution is -2.45. The Morgan fingerprint density at radius 3 is 2.44 bits per heavy atom. The molecule has 1 heterocycles. The highest BCUT2D eigenvalue weighted by Crippen LogP contribution is 2.32. The molecule has 0 aliphatic heterocycles. The Morgan fingerprint density at radius 1 is 1.24 bits per heavy atom. The Balaban J connectivity index is 2.92. The maximum atomic E-state index is 13.0. The number of rotatable bonds is 4. The first-order valence-corrected chi connectivity index (χ1v) is 8.40. The topological polar surface area (TPSA) is 70.3 Å². The van der Waals surface area contributed by atoms with E-state index in [1.54, 1.807) is 18.2 Å². The SMILES string of the molecule is CC(=O)On1c(C)c(-c2cccc(Cl)c2Cl)c(=O)n(CC(C)C)c1=O. The lowest BCUT2D eigenvalue weighted by Gasteiger charge is -2.17. The second-order valence-electron chi connectivity index (χ2n) is 6.03. The van der Waals surface area contributed by atoms with E-state index < -0.39 is 17.2 Å². The fourth-order valence-electron chi connectivity index (χ4n) is 2.50. The molecule has 0 spiro atoms. The summed E-state index contributed by atoms with van der Waals surface area (Å²) in [5, 5.41) is 0.465. The lowest BCUT2D eigenvalue weighted by atomic mass is 10.1. The molecule has 0 fully saturated rings. The van der Waals surface area contributed by atoms with Gasteiger partial charge in [0.25, 0.3) is 5.56 Å². The Hall–Kier alpha value is -2.05. The van der Waals surface area contributed by atoms with Crippen LogP contribution in [0.4, 0.5) is 0 Å². The molecule has 0 radical (unpaired) electrons. The molecule has 0 bridgehead atoms. The zero-order chi connectivity index (χ0) is 18.9. The predicted molar refractivity (Wildman–Crippen MR) is 97.3 cm³/mol. The standard InChI is InChI=1S/C17H18Cl2N2O4/c1-9(2)8-20-16(23)14(12-6-5-7-13(18)15(12)19)10(3)21(17(20)24)25-11(4)22/h5-7,9H,8H2,1-4H3. The molecule has 8 heteroatoms. The smallest absolute Gasteiger partial charge is 0.332 e. The van der Waals surface area contributed by atoms with Crippen molar-refractivity contribution in [3.63, 3.8) is 0 Å². The van der Waals surface area contributed by atoms with Crippen molar-refractivity contribution in [3.8, 4) is 11.1 Å². The molecule has 2 rings (SSSR count). The van der Waals surface area contributed by atoms with Crippen molar-refractivity contribution in [1.82, 2.24) is 9.30 Å². The fraction of sp³-hybridized carbons (Fsp3) is 0.353. The van der Waals surface area contributed by atoms with Gasteiger partial charge < -0.3 is 4.84 Å². The summed E-state index contributed by atoms with van der Waals surface area (Å²) >= 11 is 12.3. The van der Waals surface area contributed by atoms with Crippen LogP contribution >= 0.6 is 23.2 Å². The second-order valence-corrected chi connectivity index (χ2v) is 6.82. The van der Waals surface area contributed by atoms with Gasteiger partial charge in [-0.15, -0.1) is 4.73 Å². The van der Waals surface area contributed by atoms with Crippen LogP contribution in [-0.4, -0.2) is 15.3 Å². The number of carbonyl (C=O) groups excluding carboxylic acids is 1. The predicted octanol–water partition coefficient (Wildman–Crippen LogP) is 2.92. The summed E-state index contributed by atoms with van der Waals surface area (Å²) in [6, 6.07) is 4.87. The Kier molecular flexibility index (Phi) is 5.75. The number of hydrogen-bond donors (Lipinski definition) is 0. The van der Waals surface area contributed by atoms with Crippen LogP contribution in [0.1, 0.15) is 26.5 Å². The van der Waals surface area contributed by atoms with Crippen molar-refractivity contribution in [2.45, 2.75) is 34.2 Å². The number of hydrogen-bond acceptors (Lipinski definition) is 4. The lowest BCUT2D eigenvalue weighted by molar-refractivity contribution is -0.142. The molecule has 0 saturated carbocycles. The average molecular weight is 385 g/mol. The second kappa shape index (κ2) is 7.45. The molecule has 134 valence electrons. The molecule has 6 nitrogen and oxygen atoms in total. The van der Waals surface area contributed by atoms with E-state index in [4.69, 9.17) is 28.0 Å². The van der Waals surface area contributed by atoms with Gasteiger partial charge in [-0.05, 0) is 18.9 Å². The number of carbonyl (C=O) groups is 1. The van der Waals surface area contributed by atoms with Gasteiger partial charge in [-0.1, -0.05) is 49.2 Å². The molecule has 0 saturated heterocycles. The molecule has 0 aliphatic rings. The third kappa shape index (κ3) is 3.80. The minimum atomic E-state index is -0.715. The van der Waals surface area contributed by atoms with Crippen LogP contribution in [0.15, 0.2) is 27.8 Å². The van der Waals surface area contributed by atoms with Gasteiger partial charge >= 0.3 is 11.7 Å². The van der Waals surface area contributed by atoms with E-state index in [1.165, 1.54) is 13.8 Å². The first-order valence-electron chi connectivity index (χ1n) is 7.64. The van der Waals surface area contributed by atoms with E-state index in [0.717, 1.165) is 9.30 Å². The maximum absolute atomic E-state index is 13.0. The minimum Gasteiger partial charge on any atom is -0.332 e. The summed E-state index contributed by atoms with van der Waals surface area (Å²) in [5.74, 6) is -0.648. The first kappa shape index (κ1) is 19.3. The van der Waals surface area contributed by atoms with Crippen molar-refractivity contribution in [2.75, 3.05) is 0 Å². The zero-order valence-corrected chi connectivity index (χ0v) is 15.8. The molecule has 1 aromatic carbocycles. The Bertz CT molecular complexity index is 945. The first-order chi connectivity index (χ1) is 11.6. The molecule has 0 N–H and O–H groups in total. The number of benzene rings is 1. The highest BCUT2D eigenvalue weighted by atomic mass is 35.5. The fourth-order valence-corrected chi connectivity index (χ4v) is 2.90. The van der Waals surface area contributed by atoms with E-state index in [0.29, 0.717) is 5.56 Å².